The molecule has 1 heterocycles. The maximum atomic E-state index is 12.1. The van der Waals surface area contributed by atoms with E-state index >= 15 is 0 Å². The molecular weight excluding hydrogens is 188 g/mol. The molecule has 1 aromatic heterocycles. The highest BCUT2D eigenvalue weighted by molar-refractivity contribution is 5.29. The van der Waals surface area contributed by atoms with Gasteiger partial charge in [-0.1, -0.05) is 6.08 Å². The molecule has 3 nitrogen and oxygen atoms in total. The highest BCUT2D eigenvalue weighted by atomic mass is 19.3. The highest BCUT2D eigenvalue weighted by Crippen LogP contribution is 2.10. The molecule has 0 fully saturated rings. The molecule has 14 heavy (non-hydrogen) atoms. The molecule has 0 aliphatic rings. The number of alkyl halides is 2. The van der Waals surface area contributed by atoms with Crippen molar-refractivity contribution in [2.75, 3.05) is 11.9 Å². The first-order chi connectivity index (χ1) is 6.63. The van der Waals surface area contributed by atoms with Gasteiger partial charge in [0.1, 0.15) is 0 Å². The first kappa shape index (κ1) is 10.7. The summed E-state index contributed by atoms with van der Waals surface area (Å²) in [5.41, 5.74) is 0.720. The molecule has 0 unspecified atom stereocenters. The smallest absolute Gasteiger partial charge is 0.256 e. The number of nitrogens with zero attached hydrogens (tertiary/aromatic N) is 2. The van der Waals surface area contributed by atoms with Gasteiger partial charge in [0, 0.05) is 12.7 Å². The van der Waals surface area contributed by atoms with Gasteiger partial charge in [0.05, 0.1) is 12.2 Å². The van der Waals surface area contributed by atoms with Crippen LogP contribution in [0.3, 0.4) is 0 Å². The van der Waals surface area contributed by atoms with Gasteiger partial charge in [0.25, 0.3) is 6.43 Å². The highest BCUT2D eigenvalue weighted by Gasteiger charge is 2.09. The Morgan fingerprint density at radius 3 is 3.00 bits per heavy atom. The zero-order chi connectivity index (χ0) is 10.6. The number of anilines is 1. The summed E-state index contributed by atoms with van der Waals surface area (Å²) in [7, 11) is 0. The van der Waals surface area contributed by atoms with Gasteiger partial charge in [-0.05, 0) is 6.92 Å². The topological polar surface area (TPSA) is 29.9 Å². The standard InChI is InChI=1S/C9H13F2N3/c1-3-4-12-9-13-7(2)5-14(9)6-8(10)11/h3,5,8H,1,4,6H2,2H3,(H,12,13). The van der Waals surface area contributed by atoms with E-state index in [9.17, 15) is 8.78 Å². The number of halogens is 2. The molecular formula is C9H13F2N3. The molecule has 1 rings (SSSR count). The SMILES string of the molecule is C=CCNc1nc(C)cn1CC(F)F. The number of aromatic nitrogens is 2. The van der Waals surface area contributed by atoms with Crippen molar-refractivity contribution in [2.45, 2.75) is 19.9 Å². The van der Waals surface area contributed by atoms with E-state index in [0.29, 0.717) is 12.5 Å². The number of hydrogen-bond donors (Lipinski definition) is 1. The van der Waals surface area contributed by atoms with Crippen molar-refractivity contribution in [1.82, 2.24) is 9.55 Å². The van der Waals surface area contributed by atoms with Crippen LogP contribution in [0.2, 0.25) is 0 Å². The summed E-state index contributed by atoms with van der Waals surface area (Å²) in [4.78, 5) is 4.07. The molecule has 0 aromatic carbocycles. The number of hydrogen-bond acceptors (Lipinski definition) is 2. The molecule has 0 amide bonds. The minimum absolute atomic E-state index is 0.333. The number of imidazole rings is 1. The van der Waals surface area contributed by atoms with Crippen molar-refractivity contribution in [3.63, 3.8) is 0 Å². The average molecular weight is 201 g/mol. The Morgan fingerprint density at radius 2 is 2.43 bits per heavy atom. The lowest BCUT2D eigenvalue weighted by molar-refractivity contribution is 0.127. The van der Waals surface area contributed by atoms with Crippen LogP contribution < -0.4 is 5.32 Å². The Balaban J connectivity index is 2.74. The van der Waals surface area contributed by atoms with Gasteiger partial charge in [0.2, 0.25) is 5.95 Å². The zero-order valence-corrected chi connectivity index (χ0v) is 8.00. The van der Waals surface area contributed by atoms with E-state index in [1.165, 1.54) is 4.57 Å². The predicted molar refractivity (Wildman–Crippen MR) is 51.7 cm³/mol. The molecule has 5 heteroatoms. The fourth-order valence-corrected chi connectivity index (χ4v) is 1.14. The van der Waals surface area contributed by atoms with Crippen molar-refractivity contribution < 1.29 is 8.78 Å². The van der Waals surface area contributed by atoms with Gasteiger partial charge < -0.3 is 9.88 Å². The molecule has 0 spiro atoms. The van der Waals surface area contributed by atoms with Gasteiger partial charge in [0.15, 0.2) is 0 Å². The summed E-state index contributed by atoms with van der Waals surface area (Å²) in [6.07, 6.45) is 0.877. The van der Waals surface area contributed by atoms with Gasteiger partial charge >= 0.3 is 0 Å². The summed E-state index contributed by atoms with van der Waals surface area (Å²) in [5, 5.41) is 2.89. The molecule has 0 aliphatic carbocycles. The van der Waals surface area contributed by atoms with Crippen LogP contribution in [0.5, 0.6) is 0 Å². The third-order valence-corrected chi connectivity index (χ3v) is 1.64. The number of nitrogens with one attached hydrogen (secondary N) is 1. The molecule has 0 radical (unpaired) electrons. The molecule has 1 aromatic rings. The monoisotopic (exact) mass is 201 g/mol. The molecule has 1 N–H and O–H groups in total. The van der Waals surface area contributed by atoms with Gasteiger partial charge in [-0.3, -0.25) is 0 Å². The van der Waals surface area contributed by atoms with Crippen LogP contribution in [0, 0.1) is 6.92 Å². The van der Waals surface area contributed by atoms with Crippen LogP contribution in [0.25, 0.3) is 0 Å². The van der Waals surface area contributed by atoms with Gasteiger partial charge in [-0.15, -0.1) is 6.58 Å². The van der Waals surface area contributed by atoms with Crippen molar-refractivity contribution in [1.29, 1.82) is 0 Å². The van der Waals surface area contributed by atoms with Crippen molar-refractivity contribution in [3.8, 4) is 0 Å². The first-order valence-corrected chi connectivity index (χ1v) is 4.30. The van der Waals surface area contributed by atoms with Crippen LogP contribution in [-0.2, 0) is 6.54 Å². The van der Waals surface area contributed by atoms with E-state index in [0.717, 1.165) is 5.69 Å². The van der Waals surface area contributed by atoms with E-state index < -0.39 is 6.43 Å². The second-order valence-electron chi connectivity index (χ2n) is 2.92. The molecule has 0 saturated carbocycles. The van der Waals surface area contributed by atoms with Crippen LogP contribution in [0.1, 0.15) is 5.69 Å². The first-order valence-electron chi connectivity index (χ1n) is 4.30. The van der Waals surface area contributed by atoms with Crippen molar-refractivity contribution in [3.05, 3.63) is 24.5 Å². The second-order valence-corrected chi connectivity index (χ2v) is 2.92. The quantitative estimate of drug-likeness (QED) is 0.739. The molecule has 0 atom stereocenters. The fourth-order valence-electron chi connectivity index (χ4n) is 1.14. The van der Waals surface area contributed by atoms with E-state index in [1.54, 1.807) is 19.2 Å². The molecule has 0 aliphatic heterocycles. The van der Waals surface area contributed by atoms with E-state index in [2.05, 4.69) is 16.9 Å². The Bertz CT molecular complexity index is 307. The summed E-state index contributed by atoms with van der Waals surface area (Å²) in [5.74, 6) is 0.461. The van der Waals surface area contributed by atoms with E-state index in [-0.39, 0.29) is 6.54 Å². The average Bonchev–Trinajstić information content (AvgIpc) is 2.41. The second kappa shape index (κ2) is 4.74. The number of rotatable bonds is 5. The Morgan fingerprint density at radius 1 is 1.71 bits per heavy atom. The predicted octanol–water partition coefficient (Wildman–Crippen LogP) is 2.05. The third-order valence-electron chi connectivity index (χ3n) is 1.64. The van der Waals surface area contributed by atoms with Crippen LogP contribution in [0.4, 0.5) is 14.7 Å². The van der Waals surface area contributed by atoms with E-state index in [4.69, 9.17) is 0 Å². The minimum atomic E-state index is -2.37. The summed E-state index contributed by atoms with van der Waals surface area (Å²) < 4.78 is 25.7. The largest absolute Gasteiger partial charge is 0.352 e. The lowest BCUT2D eigenvalue weighted by Gasteiger charge is -2.06. The Hall–Kier alpha value is -1.39. The lowest BCUT2D eigenvalue weighted by atomic mass is 10.5. The zero-order valence-electron chi connectivity index (χ0n) is 8.00. The minimum Gasteiger partial charge on any atom is -0.352 e. The van der Waals surface area contributed by atoms with Crippen LogP contribution in [-0.4, -0.2) is 22.5 Å². The Kier molecular flexibility index (Phi) is 3.62. The van der Waals surface area contributed by atoms with Crippen LogP contribution in [0.15, 0.2) is 18.9 Å². The third kappa shape index (κ3) is 2.83. The van der Waals surface area contributed by atoms with E-state index in [1.807, 2.05) is 0 Å². The fraction of sp³-hybridized carbons (Fsp3) is 0.444. The molecule has 78 valence electrons. The van der Waals surface area contributed by atoms with Crippen molar-refractivity contribution >= 4 is 5.95 Å². The molecule has 0 bridgehead atoms. The van der Waals surface area contributed by atoms with Gasteiger partial charge in [-0.2, -0.15) is 0 Å². The summed E-state index contributed by atoms with van der Waals surface area (Å²) in [6, 6.07) is 0. The van der Waals surface area contributed by atoms with Crippen LogP contribution >= 0.6 is 0 Å². The van der Waals surface area contributed by atoms with Gasteiger partial charge in [-0.25, -0.2) is 13.8 Å². The lowest BCUT2D eigenvalue weighted by Crippen LogP contribution is -2.11. The Labute approximate surface area is 81.5 Å². The summed E-state index contributed by atoms with van der Waals surface area (Å²) in [6.45, 7) is 5.47. The van der Waals surface area contributed by atoms with Crippen molar-refractivity contribution in [2.24, 2.45) is 0 Å². The maximum absolute atomic E-state index is 12.1. The normalized spacial score (nSPS) is 10.6. The maximum Gasteiger partial charge on any atom is 0.256 e. The number of aryl methyl sites for hydroxylation is 1. The molecule has 0 saturated heterocycles. The summed E-state index contributed by atoms with van der Waals surface area (Å²) >= 11 is 0.